The molecule has 4 nitrogen and oxygen atoms in total. The topological polar surface area (TPSA) is 52.6 Å². The third-order valence-corrected chi connectivity index (χ3v) is 10.8. The maximum Gasteiger partial charge on any atom is 0.333 e. The highest BCUT2D eigenvalue weighted by Crippen LogP contribution is 2.47. The van der Waals surface area contributed by atoms with Gasteiger partial charge in [0.15, 0.2) is 0 Å². The van der Waals surface area contributed by atoms with Gasteiger partial charge in [-0.2, -0.15) is 0 Å². The second-order valence-corrected chi connectivity index (χ2v) is 14.0. The number of rotatable bonds is 8. The molecule has 0 bridgehead atoms. The highest BCUT2D eigenvalue weighted by Gasteiger charge is 2.44. The van der Waals surface area contributed by atoms with E-state index in [1.54, 1.807) is 0 Å². The lowest BCUT2D eigenvalue weighted by atomic mass is 9.98. The molecule has 0 fully saturated rings. The van der Waals surface area contributed by atoms with Gasteiger partial charge in [0.25, 0.3) is 0 Å². The standard InChI is InChI=1S/C14H18Br6O4/c1-11(2,7-15)13(17,18)23-9(21)5-6-10(22)24-14(19,20)12(3,4)8-16/h5-6H,7-8H2,1-4H3. The lowest BCUT2D eigenvalue weighted by Crippen LogP contribution is -2.39. The fraction of sp³-hybridized carbons (Fsp3) is 0.714. The van der Waals surface area contributed by atoms with Gasteiger partial charge in [0.2, 0.25) is 6.84 Å². The average Bonchev–Trinajstić information content (AvgIpc) is 2.43. The minimum absolute atomic E-state index is 0.433. The number of hydrogen-bond acceptors (Lipinski definition) is 4. The zero-order valence-electron chi connectivity index (χ0n) is 13.5. The van der Waals surface area contributed by atoms with E-state index in [2.05, 4.69) is 95.6 Å². The Morgan fingerprint density at radius 3 is 1.21 bits per heavy atom. The van der Waals surface area contributed by atoms with Crippen LogP contribution < -0.4 is 0 Å². The van der Waals surface area contributed by atoms with E-state index in [9.17, 15) is 9.59 Å². The van der Waals surface area contributed by atoms with E-state index in [4.69, 9.17) is 9.47 Å². The van der Waals surface area contributed by atoms with Crippen molar-refractivity contribution in [1.29, 1.82) is 0 Å². The predicted octanol–water partition coefficient (Wildman–Crippen LogP) is 6.36. The quantitative estimate of drug-likeness (QED) is 0.166. The minimum atomic E-state index is -1.08. The Morgan fingerprint density at radius 2 is 1.00 bits per heavy atom. The number of carbonyl (C=O) groups is 2. The Balaban J connectivity index is 4.87. The first-order valence-corrected chi connectivity index (χ1v) is 12.0. The van der Waals surface area contributed by atoms with Crippen LogP contribution in [0.5, 0.6) is 0 Å². The van der Waals surface area contributed by atoms with Crippen LogP contribution in [0.3, 0.4) is 0 Å². The van der Waals surface area contributed by atoms with Gasteiger partial charge in [-0.15, -0.1) is 0 Å². The maximum absolute atomic E-state index is 11.9. The summed E-state index contributed by atoms with van der Waals surface area (Å²) >= 11 is 20.0. The van der Waals surface area contributed by atoms with Crippen LogP contribution in [0.15, 0.2) is 12.2 Å². The molecule has 10 heteroatoms. The molecular weight excluding hydrogens is 712 g/mol. The summed E-state index contributed by atoms with van der Waals surface area (Å²) in [5.74, 6) is -1.38. The molecule has 0 aromatic heterocycles. The van der Waals surface area contributed by atoms with E-state index in [1.807, 2.05) is 27.7 Å². The molecule has 0 aliphatic rings. The fourth-order valence-corrected chi connectivity index (χ4v) is 4.38. The molecule has 0 radical (unpaired) electrons. The van der Waals surface area contributed by atoms with Gasteiger partial charge in [-0.3, -0.25) is 0 Å². The number of alkyl halides is 6. The number of esters is 2. The first-order valence-electron chi connectivity index (χ1n) is 6.63. The second-order valence-electron chi connectivity index (χ2n) is 6.24. The molecule has 0 N–H and O–H groups in total. The monoisotopic (exact) mass is 724 g/mol. The van der Waals surface area contributed by atoms with E-state index < -0.39 is 29.6 Å². The summed E-state index contributed by atoms with van der Waals surface area (Å²) in [7, 11) is 0. The normalized spacial score (nSPS) is 13.9. The first-order chi connectivity index (χ1) is 10.6. The summed E-state index contributed by atoms with van der Waals surface area (Å²) in [5.41, 5.74) is -0.866. The van der Waals surface area contributed by atoms with Gasteiger partial charge in [-0.05, 0) is 63.7 Å². The van der Waals surface area contributed by atoms with Crippen LogP contribution in [-0.2, 0) is 19.1 Å². The number of hydrogen-bond donors (Lipinski definition) is 0. The van der Waals surface area contributed by atoms with E-state index in [0.717, 1.165) is 12.2 Å². The van der Waals surface area contributed by atoms with Crippen molar-refractivity contribution in [2.24, 2.45) is 10.8 Å². The van der Waals surface area contributed by atoms with E-state index in [-0.39, 0.29) is 0 Å². The molecule has 0 atom stereocenters. The van der Waals surface area contributed by atoms with Crippen LogP contribution in [-0.4, -0.2) is 29.4 Å². The molecule has 0 unspecified atom stereocenters. The Bertz CT molecular complexity index is 455. The summed E-state index contributed by atoms with van der Waals surface area (Å²) in [4.78, 5) is 23.8. The van der Waals surface area contributed by atoms with Crippen molar-refractivity contribution in [3.05, 3.63) is 12.2 Å². The molecule has 0 amide bonds. The van der Waals surface area contributed by atoms with Gasteiger partial charge in [0.05, 0.1) is 0 Å². The van der Waals surface area contributed by atoms with Crippen molar-refractivity contribution in [2.45, 2.75) is 34.5 Å². The Morgan fingerprint density at radius 1 is 0.750 bits per heavy atom. The summed E-state index contributed by atoms with van der Waals surface area (Å²) in [6.45, 7) is 7.57. The summed E-state index contributed by atoms with van der Waals surface area (Å²) in [5, 5.41) is 1.15. The second kappa shape index (κ2) is 9.66. The van der Waals surface area contributed by atoms with E-state index in [1.165, 1.54) is 0 Å². The number of halogens is 6. The molecule has 0 rings (SSSR count). The number of carbonyl (C=O) groups excluding carboxylic acids is 2. The largest absolute Gasteiger partial charge is 0.433 e. The highest BCUT2D eigenvalue weighted by molar-refractivity contribution is 9.25. The fourth-order valence-electron chi connectivity index (χ4n) is 0.889. The smallest absolute Gasteiger partial charge is 0.333 e. The third-order valence-electron chi connectivity index (χ3n) is 3.06. The summed E-state index contributed by atoms with van der Waals surface area (Å²) in [6.07, 6.45) is 2.03. The highest BCUT2D eigenvalue weighted by atomic mass is 79.9. The molecule has 0 aromatic carbocycles. The van der Waals surface area contributed by atoms with Gasteiger partial charge in [0.1, 0.15) is 0 Å². The summed E-state index contributed by atoms with van der Waals surface area (Å²) < 4.78 is 8.45. The molecule has 0 aliphatic carbocycles. The van der Waals surface area contributed by atoms with Crippen LogP contribution in [0.4, 0.5) is 0 Å². The van der Waals surface area contributed by atoms with Gasteiger partial charge in [-0.25, -0.2) is 9.59 Å². The third kappa shape index (κ3) is 7.29. The van der Waals surface area contributed by atoms with Crippen molar-refractivity contribution in [3.63, 3.8) is 0 Å². The van der Waals surface area contributed by atoms with Gasteiger partial charge < -0.3 is 9.47 Å². The zero-order chi connectivity index (χ0) is 19.4. The van der Waals surface area contributed by atoms with Crippen LogP contribution in [0.25, 0.3) is 0 Å². The van der Waals surface area contributed by atoms with Crippen molar-refractivity contribution < 1.29 is 19.1 Å². The first kappa shape index (κ1) is 25.6. The molecule has 24 heavy (non-hydrogen) atoms. The minimum Gasteiger partial charge on any atom is -0.433 e. The Kier molecular flexibility index (Phi) is 10.3. The molecule has 0 saturated heterocycles. The molecule has 0 spiro atoms. The van der Waals surface area contributed by atoms with E-state index >= 15 is 0 Å². The van der Waals surface area contributed by atoms with Crippen LogP contribution in [0, 0.1) is 10.8 Å². The average molecular weight is 730 g/mol. The molecule has 0 heterocycles. The number of ether oxygens (including phenoxy) is 2. The molecule has 140 valence electrons. The lowest BCUT2D eigenvalue weighted by molar-refractivity contribution is -0.146. The maximum atomic E-state index is 11.9. The van der Waals surface area contributed by atoms with Crippen LogP contribution in [0.2, 0.25) is 0 Å². The van der Waals surface area contributed by atoms with Crippen LogP contribution in [0.1, 0.15) is 27.7 Å². The van der Waals surface area contributed by atoms with Crippen molar-refractivity contribution in [1.82, 2.24) is 0 Å². The molecule has 0 saturated carbocycles. The van der Waals surface area contributed by atoms with Gasteiger partial charge in [0, 0.05) is 33.6 Å². The SMILES string of the molecule is CC(C)(CBr)C(Br)(Br)OC(=O)C=CC(=O)OC(Br)(Br)C(C)(C)CBr. The predicted molar refractivity (Wildman–Crippen MR) is 118 cm³/mol. The Labute approximate surface area is 193 Å². The van der Waals surface area contributed by atoms with Crippen LogP contribution >= 0.6 is 95.6 Å². The van der Waals surface area contributed by atoms with E-state index in [0.29, 0.717) is 10.7 Å². The van der Waals surface area contributed by atoms with Gasteiger partial charge in [-0.1, -0.05) is 59.6 Å². The lowest BCUT2D eigenvalue weighted by Gasteiger charge is -2.35. The van der Waals surface area contributed by atoms with Gasteiger partial charge >= 0.3 is 11.9 Å². The zero-order valence-corrected chi connectivity index (χ0v) is 23.0. The molecule has 0 aromatic rings. The van der Waals surface area contributed by atoms with Crippen molar-refractivity contribution in [3.8, 4) is 0 Å². The summed E-state index contributed by atoms with van der Waals surface area (Å²) in [6, 6.07) is 0. The van der Waals surface area contributed by atoms with Crippen molar-refractivity contribution in [2.75, 3.05) is 10.7 Å². The Hall–Kier alpha value is 1.56. The molecular formula is C14H18Br6O4. The van der Waals surface area contributed by atoms with Crippen molar-refractivity contribution >= 4 is 108 Å². The molecule has 0 aliphatic heterocycles.